The van der Waals surface area contributed by atoms with Crippen molar-refractivity contribution in [1.82, 2.24) is 10.3 Å². The average molecular weight is 258 g/mol. The third-order valence-corrected chi connectivity index (χ3v) is 3.61. The van der Waals surface area contributed by atoms with E-state index in [1.54, 1.807) is 0 Å². The Morgan fingerprint density at radius 3 is 2.61 bits per heavy atom. The fraction of sp³-hybridized carbons (Fsp3) is 0.583. The van der Waals surface area contributed by atoms with Crippen LogP contribution in [0.4, 0.5) is 13.2 Å². The number of hydrogen-bond donors (Lipinski definition) is 1. The second kappa shape index (κ2) is 4.12. The minimum atomic E-state index is -4.35. The minimum absolute atomic E-state index is 0.0352. The Kier molecular flexibility index (Phi) is 2.69. The van der Waals surface area contributed by atoms with Gasteiger partial charge in [0.15, 0.2) is 0 Å². The van der Waals surface area contributed by atoms with E-state index in [9.17, 15) is 13.2 Å². The maximum atomic E-state index is 12.4. The lowest BCUT2D eigenvalue weighted by Gasteiger charge is -2.23. The number of piperidine rings is 1. The van der Waals surface area contributed by atoms with Crippen LogP contribution in [-0.2, 0) is 6.18 Å². The molecule has 1 aromatic heterocycles. The molecule has 1 saturated carbocycles. The molecule has 2 bridgehead atoms. The van der Waals surface area contributed by atoms with Gasteiger partial charge in [-0.15, -0.1) is 0 Å². The van der Waals surface area contributed by atoms with Crippen LogP contribution in [0.2, 0.25) is 0 Å². The molecule has 1 N–H and O–H groups in total. The summed E-state index contributed by atoms with van der Waals surface area (Å²) in [6.07, 6.45) is -1.45. The van der Waals surface area contributed by atoms with Gasteiger partial charge in [-0.3, -0.25) is 0 Å². The van der Waals surface area contributed by atoms with E-state index in [0.29, 0.717) is 12.0 Å². The molecule has 2 unspecified atom stereocenters. The van der Waals surface area contributed by atoms with Crippen LogP contribution in [-0.4, -0.2) is 23.7 Å². The zero-order chi connectivity index (χ0) is 12.8. The van der Waals surface area contributed by atoms with Gasteiger partial charge in [-0.05, 0) is 31.4 Å². The molecule has 0 spiro atoms. The molecule has 1 aliphatic carbocycles. The van der Waals surface area contributed by atoms with Gasteiger partial charge in [0.05, 0.1) is 5.56 Å². The molecular formula is C12H13F3N2O. The first-order chi connectivity index (χ1) is 8.52. The number of fused-ring (bicyclic) bond motifs is 2. The third kappa shape index (κ3) is 2.16. The molecule has 3 nitrogen and oxygen atoms in total. The van der Waals surface area contributed by atoms with Crippen molar-refractivity contribution >= 4 is 0 Å². The maximum Gasteiger partial charge on any atom is 0.417 e. The van der Waals surface area contributed by atoms with Crippen molar-refractivity contribution in [2.24, 2.45) is 5.92 Å². The number of alkyl halides is 3. The van der Waals surface area contributed by atoms with Gasteiger partial charge in [0.2, 0.25) is 5.88 Å². The molecule has 2 fully saturated rings. The standard InChI is InChI=1S/C12H13F3N2O/c13-12(14,15)8-1-2-11(17-6-8)18-10-4-7-3-9(10)16-5-7/h1-2,6-7,9-10,16H,3-5H2/t7?,9-,10?/m1/s1. The number of hydrogen-bond acceptors (Lipinski definition) is 3. The van der Waals surface area contributed by atoms with Gasteiger partial charge in [-0.1, -0.05) is 0 Å². The predicted octanol–water partition coefficient (Wildman–Crippen LogP) is 2.23. The minimum Gasteiger partial charge on any atom is -0.473 e. The third-order valence-electron chi connectivity index (χ3n) is 3.61. The Hall–Kier alpha value is -1.30. The van der Waals surface area contributed by atoms with Crippen molar-refractivity contribution in [3.05, 3.63) is 23.9 Å². The molecule has 3 atom stereocenters. The molecule has 0 aromatic carbocycles. The van der Waals surface area contributed by atoms with Crippen LogP contribution >= 0.6 is 0 Å². The molecule has 0 radical (unpaired) electrons. The summed E-state index contributed by atoms with van der Waals surface area (Å²) in [5, 5.41) is 3.33. The lowest BCUT2D eigenvalue weighted by Crippen LogP contribution is -2.40. The molecule has 1 aromatic rings. The van der Waals surface area contributed by atoms with E-state index in [1.807, 2.05) is 0 Å². The fourth-order valence-electron chi connectivity index (χ4n) is 2.70. The number of aromatic nitrogens is 1. The molecule has 6 heteroatoms. The van der Waals surface area contributed by atoms with Crippen LogP contribution < -0.4 is 10.1 Å². The van der Waals surface area contributed by atoms with Gasteiger partial charge in [0, 0.05) is 18.3 Å². The first-order valence-corrected chi connectivity index (χ1v) is 5.95. The Labute approximate surface area is 102 Å². The lowest BCUT2D eigenvalue weighted by atomic mass is 10.1. The molecule has 2 aliphatic rings. The van der Waals surface area contributed by atoms with Crippen LogP contribution in [0.1, 0.15) is 18.4 Å². The smallest absolute Gasteiger partial charge is 0.417 e. The van der Waals surface area contributed by atoms with Crippen LogP contribution in [0.5, 0.6) is 5.88 Å². The second-order valence-electron chi connectivity index (χ2n) is 4.89. The van der Waals surface area contributed by atoms with Crippen molar-refractivity contribution in [3.8, 4) is 5.88 Å². The van der Waals surface area contributed by atoms with E-state index in [-0.39, 0.29) is 12.0 Å². The summed E-state index contributed by atoms with van der Waals surface area (Å²) in [5.74, 6) is 0.900. The molecule has 0 amide bonds. The van der Waals surface area contributed by atoms with Crippen LogP contribution in [0, 0.1) is 5.92 Å². The van der Waals surface area contributed by atoms with Gasteiger partial charge >= 0.3 is 6.18 Å². The number of nitrogens with one attached hydrogen (secondary N) is 1. The highest BCUT2D eigenvalue weighted by molar-refractivity contribution is 5.20. The SMILES string of the molecule is FC(F)(F)c1ccc(OC2CC3CN[C@@H]2C3)nc1. The van der Waals surface area contributed by atoms with Crippen molar-refractivity contribution in [2.45, 2.75) is 31.2 Å². The summed E-state index contributed by atoms with van der Waals surface area (Å²) in [5.41, 5.74) is -0.749. The summed E-state index contributed by atoms with van der Waals surface area (Å²) in [6.45, 7) is 1.02. The largest absolute Gasteiger partial charge is 0.473 e. The van der Waals surface area contributed by atoms with Crippen LogP contribution in [0.15, 0.2) is 18.3 Å². The molecule has 98 valence electrons. The zero-order valence-electron chi connectivity index (χ0n) is 9.57. The topological polar surface area (TPSA) is 34.1 Å². The molecule has 18 heavy (non-hydrogen) atoms. The highest BCUT2D eigenvalue weighted by Crippen LogP contribution is 2.34. The van der Waals surface area contributed by atoms with Crippen LogP contribution in [0.25, 0.3) is 0 Å². The number of rotatable bonds is 2. The van der Waals surface area contributed by atoms with Crippen molar-refractivity contribution in [3.63, 3.8) is 0 Å². The van der Waals surface area contributed by atoms with Crippen LogP contribution in [0.3, 0.4) is 0 Å². The Balaban J connectivity index is 1.67. The number of halogens is 3. The van der Waals surface area contributed by atoms with Gasteiger partial charge in [-0.2, -0.15) is 13.2 Å². The average Bonchev–Trinajstić information content (AvgIpc) is 2.90. The van der Waals surface area contributed by atoms with Crippen molar-refractivity contribution < 1.29 is 17.9 Å². The normalized spacial score (nSPS) is 30.7. The van der Waals surface area contributed by atoms with E-state index >= 15 is 0 Å². The molecular weight excluding hydrogens is 245 g/mol. The quantitative estimate of drug-likeness (QED) is 0.883. The van der Waals surface area contributed by atoms with Gasteiger partial charge in [-0.25, -0.2) is 4.98 Å². The Bertz CT molecular complexity index is 432. The van der Waals surface area contributed by atoms with E-state index in [0.717, 1.165) is 31.6 Å². The second-order valence-corrected chi connectivity index (χ2v) is 4.89. The van der Waals surface area contributed by atoms with Crippen molar-refractivity contribution in [2.75, 3.05) is 6.54 Å². The van der Waals surface area contributed by atoms with E-state index < -0.39 is 11.7 Å². The maximum absolute atomic E-state index is 12.4. The summed E-state index contributed by atoms with van der Waals surface area (Å²) < 4.78 is 42.7. The highest BCUT2D eigenvalue weighted by Gasteiger charge is 2.41. The predicted molar refractivity (Wildman–Crippen MR) is 58.2 cm³/mol. The number of nitrogens with zero attached hydrogens (tertiary/aromatic N) is 1. The van der Waals surface area contributed by atoms with Gasteiger partial charge in [0.25, 0.3) is 0 Å². The van der Waals surface area contributed by atoms with Gasteiger partial charge in [0.1, 0.15) is 6.10 Å². The Morgan fingerprint density at radius 2 is 2.11 bits per heavy atom. The van der Waals surface area contributed by atoms with Crippen molar-refractivity contribution in [1.29, 1.82) is 0 Å². The monoisotopic (exact) mass is 258 g/mol. The first kappa shape index (κ1) is 11.8. The molecule has 1 saturated heterocycles. The van der Waals surface area contributed by atoms with Gasteiger partial charge < -0.3 is 10.1 Å². The summed E-state index contributed by atoms with van der Waals surface area (Å²) in [7, 11) is 0. The summed E-state index contributed by atoms with van der Waals surface area (Å²) in [6, 6.07) is 2.61. The number of pyridine rings is 1. The highest BCUT2D eigenvalue weighted by atomic mass is 19.4. The fourth-order valence-corrected chi connectivity index (χ4v) is 2.70. The Morgan fingerprint density at radius 1 is 1.28 bits per heavy atom. The molecule has 2 heterocycles. The zero-order valence-corrected chi connectivity index (χ0v) is 9.57. The lowest BCUT2D eigenvalue weighted by molar-refractivity contribution is -0.137. The molecule has 1 aliphatic heterocycles. The molecule has 3 rings (SSSR count). The van der Waals surface area contributed by atoms with E-state index in [4.69, 9.17) is 4.74 Å². The summed E-state index contributed by atoms with van der Waals surface area (Å²) >= 11 is 0. The van der Waals surface area contributed by atoms with E-state index in [1.165, 1.54) is 6.07 Å². The first-order valence-electron chi connectivity index (χ1n) is 5.95. The number of ether oxygens (including phenoxy) is 1. The van der Waals surface area contributed by atoms with E-state index in [2.05, 4.69) is 10.3 Å². The summed E-state index contributed by atoms with van der Waals surface area (Å²) in [4.78, 5) is 3.72.